The van der Waals surface area contributed by atoms with E-state index in [1.54, 1.807) is 24.3 Å². The molecule has 0 aliphatic heterocycles. The summed E-state index contributed by atoms with van der Waals surface area (Å²) in [7, 11) is 0. The van der Waals surface area contributed by atoms with Crippen molar-refractivity contribution in [2.45, 2.75) is 0 Å². The molecule has 0 heterocycles. The van der Waals surface area contributed by atoms with Crippen molar-refractivity contribution in [3.63, 3.8) is 0 Å². The molecule has 0 amide bonds. The van der Waals surface area contributed by atoms with E-state index in [0.29, 0.717) is 15.8 Å². The summed E-state index contributed by atoms with van der Waals surface area (Å²) in [4.78, 5) is 0. The third-order valence-corrected chi connectivity index (χ3v) is 2.77. The fraction of sp³-hybridized carbons (Fsp3) is 0. The zero-order valence-electron chi connectivity index (χ0n) is 8.37. The molecule has 1 nitrogen and oxygen atoms in total. The molecule has 2 aromatic carbocycles. The third kappa shape index (κ3) is 2.43. The molecule has 0 unspecified atom stereocenters. The Morgan fingerprint density at radius 3 is 1.31 bits per heavy atom. The molecular formula is C13H9Cl2N. The second kappa shape index (κ2) is 4.69. The summed E-state index contributed by atoms with van der Waals surface area (Å²) in [5, 5.41) is 9.37. The minimum Gasteiger partial charge on any atom is -0.300 e. The van der Waals surface area contributed by atoms with E-state index < -0.39 is 0 Å². The minimum atomic E-state index is 0.466. The molecule has 0 radical (unpaired) electrons. The van der Waals surface area contributed by atoms with Gasteiger partial charge < -0.3 is 0 Å². The summed E-state index contributed by atoms with van der Waals surface area (Å²) >= 11 is 11.6. The van der Waals surface area contributed by atoms with Gasteiger partial charge in [-0.1, -0.05) is 47.5 Å². The van der Waals surface area contributed by atoms with Crippen LogP contribution in [0, 0.1) is 5.41 Å². The highest BCUT2D eigenvalue weighted by atomic mass is 35.5. The molecule has 80 valence electrons. The Balaban J connectivity index is 2.32. The van der Waals surface area contributed by atoms with Gasteiger partial charge in [0, 0.05) is 21.2 Å². The number of benzene rings is 2. The number of hydrogen-bond donors (Lipinski definition) is 1. The van der Waals surface area contributed by atoms with E-state index in [-0.39, 0.29) is 0 Å². The van der Waals surface area contributed by atoms with Crippen LogP contribution >= 0.6 is 23.2 Å². The fourth-order valence-corrected chi connectivity index (χ4v) is 1.65. The monoisotopic (exact) mass is 249 g/mol. The van der Waals surface area contributed by atoms with E-state index >= 15 is 0 Å². The first kappa shape index (κ1) is 11.2. The molecule has 1 N–H and O–H groups in total. The van der Waals surface area contributed by atoms with Crippen molar-refractivity contribution in [1.82, 2.24) is 0 Å². The van der Waals surface area contributed by atoms with Crippen LogP contribution < -0.4 is 0 Å². The van der Waals surface area contributed by atoms with Crippen LogP contribution in [0.25, 0.3) is 0 Å². The number of hydrogen-bond acceptors (Lipinski definition) is 1. The predicted octanol–water partition coefficient (Wildman–Crippen LogP) is 4.41. The van der Waals surface area contributed by atoms with Gasteiger partial charge in [0.25, 0.3) is 0 Å². The summed E-state index contributed by atoms with van der Waals surface area (Å²) in [5.41, 5.74) is 2.15. The number of halogens is 2. The molecule has 3 heteroatoms. The van der Waals surface area contributed by atoms with Gasteiger partial charge in [-0.3, -0.25) is 5.41 Å². The Bertz CT molecular complexity index is 453. The van der Waals surface area contributed by atoms with Gasteiger partial charge in [-0.15, -0.1) is 0 Å². The van der Waals surface area contributed by atoms with E-state index in [4.69, 9.17) is 28.6 Å². The van der Waals surface area contributed by atoms with E-state index in [1.807, 2.05) is 24.3 Å². The molecule has 0 atom stereocenters. The highest BCUT2D eigenvalue weighted by Crippen LogP contribution is 2.15. The first-order valence-corrected chi connectivity index (χ1v) is 5.53. The van der Waals surface area contributed by atoms with Crippen LogP contribution in [-0.2, 0) is 0 Å². The summed E-state index contributed by atoms with van der Waals surface area (Å²) < 4.78 is 0. The van der Waals surface area contributed by atoms with Gasteiger partial charge in [0.15, 0.2) is 0 Å². The molecule has 0 aromatic heterocycles. The van der Waals surface area contributed by atoms with Crippen molar-refractivity contribution < 1.29 is 0 Å². The van der Waals surface area contributed by atoms with E-state index in [1.165, 1.54) is 0 Å². The molecule has 0 fully saturated rings. The van der Waals surface area contributed by atoms with Crippen molar-refractivity contribution in [1.29, 1.82) is 5.41 Å². The van der Waals surface area contributed by atoms with Gasteiger partial charge in [-0.25, -0.2) is 0 Å². The fourth-order valence-electron chi connectivity index (χ4n) is 1.40. The lowest BCUT2D eigenvalue weighted by Gasteiger charge is -2.04. The van der Waals surface area contributed by atoms with Gasteiger partial charge in [-0.05, 0) is 24.3 Å². The molecule has 0 aliphatic rings. The molecule has 0 bridgehead atoms. The van der Waals surface area contributed by atoms with Crippen molar-refractivity contribution in [2.24, 2.45) is 0 Å². The van der Waals surface area contributed by atoms with Crippen molar-refractivity contribution >= 4 is 28.9 Å². The van der Waals surface area contributed by atoms with Crippen LogP contribution in [-0.4, -0.2) is 5.71 Å². The van der Waals surface area contributed by atoms with Gasteiger partial charge >= 0.3 is 0 Å². The summed E-state index contributed by atoms with van der Waals surface area (Å²) in [6.45, 7) is 0. The maximum absolute atomic E-state index is 8.03. The maximum Gasteiger partial charge on any atom is 0.0684 e. The maximum atomic E-state index is 8.03. The normalized spacial score (nSPS) is 10.1. The Kier molecular flexibility index (Phi) is 3.28. The molecule has 2 rings (SSSR count). The molecule has 0 spiro atoms. The van der Waals surface area contributed by atoms with Crippen LogP contribution in [0.1, 0.15) is 11.1 Å². The second-order valence-corrected chi connectivity index (χ2v) is 4.26. The molecule has 0 saturated carbocycles. The average Bonchev–Trinajstić information content (AvgIpc) is 2.30. The first-order valence-electron chi connectivity index (χ1n) is 4.77. The summed E-state index contributed by atoms with van der Waals surface area (Å²) in [6.07, 6.45) is 0. The largest absolute Gasteiger partial charge is 0.300 e. The third-order valence-electron chi connectivity index (χ3n) is 2.27. The average molecular weight is 250 g/mol. The predicted molar refractivity (Wildman–Crippen MR) is 68.8 cm³/mol. The van der Waals surface area contributed by atoms with Crippen molar-refractivity contribution in [3.8, 4) is 0 Å². The van der Waals surface area contributed by atoms with Gasteiger partial charge in [0.1, 0.15) is 0 Å². The SMILES string of the molecule is N=C(c1ccc(Cl)cc1)c1ccc(Cl)cc1. The van der Waals surface area contributed by atoms with Crippen LogP contribution in [0.15, 0.2) is 48.5 Å². The lowest BCUT2D eigenvalue weighted by atomic mass is 10.0. The smallest absolute Gasteiger partial charge is 0.0684 e. The summed E-state index contributed by atoms with van der Waals surface area (Å²) in [6, 6.07) is 14.4. The van der Waals surface area contributed by atoms with Crippen LogP contribution in [0.2, 0.25) is 10.0 Å². The quantitative estimate of drug-likeness (QED) is 0.763. The van der Waals surface area contributed by atoms with Gasteiger partial charge in [0.05, 0.1) is 5.71 Å². The Hall–Kier alpha value is -1.31. The Morgan fingerprint density at radius 2 is 1.00 bits per heavy atom. The van der Waals surface area contributed by atoms with Crippen LogP contribution in [0.4, 0.5) is 0 Å². The standard InChI is InChI=1S/C13H9Cl2N/c14-11-5-1-9(2-6-11)13(16)10-3-7-12(15)8-4-10/h1-8,16H. The van der Waals surface area contributed by atoms with Crippen LogP contribution in [0.5, 0.6) is 0 Å². The highest BCUT2D eigenvalue weighted by Gasteiger charge is 2.04. The molecule has 0 saturated heterocycles. The minimum absolute atomic E-state index is 0.466. The Labute approximate surface area is 104 Å². The topological polar surface area (TPSA) is 23.9 Å². The Morgan fingerprint density at radius 1 is 0.688 bits per heavy atom. The second-order valence-electron chi connectivity index (χ2n) is 3.39. The lowest BCUT2D eigenvalue weighted by molar-refractivity contribution is 1.46. The molecular weight excluding hydrogens is 241 g/mol. The lowest BCUT2D eigenvalue weighted by Crippen LogP contribution is -2.00. The van der Waals surface area contributed by atoms with E-state index in [9.17, 15) is 0 Å². The van der Waals surface area contributed by atoms with Crippen molar-refractivity contribution in [3.05, 3.63) is 69.7 Å². The molecule has 0 aliphatic carbocycles. The zero-order valence-corrected chi connectivity index (χ0v) is 9.89. The van der Waals surface area contributed by atoms with Crippen molar-refractivity contribution in [2.75, 3.05) is 0 Å². The van der Waals surface area contributed by atoms with E-state index in [0.717, 1.165) is 11.1 Å². The number of nitrogens with one attached hydrogen (secondary N) is 1. The van der Waals surface area contributed by atoms with E-state index in [2.05, 4.69) is 0 Å². The highest BCUT2D eigenvalue weighted by molar-refractivity contribution is 6.31. The molecule has 16 heavy (non-hydrogen) atoms. The van der Waals surface area contributed by atoms with Crippen LogP contribution in [0.3, 0.4) is 0 Å². The molecule has 2 aromatic rings. The zero-order chi connectivity index (χ0) is 11.5. The van der Waals surface area contributed by atoms with Gasteiger partial charge in [-0.2, -0.15) is 0 Å². The number of rotatable bonds is 2. The summed E-state index contributed by atoms with van der Waals surface area (Å²) in [5.74, 6) is 0. The van der Waals surface area contributed by atoms with Gasteiger partial charge in [0.2, 0.25) is 0 Å². The first-order chi connectivity index (χ1) is 7.66.